The van der Waals surface area contributed by atoms with E-state index in [0.29, 0.717) is 12.5 Å². The first-order valence-electron chi connectivity index (χ1n) is 8.81. The van der Waals surface area contributed by atoms with Crippen LogP contribution in [0.1, 0.15) is 35.4 Å². The molecular formula is C21H30IN3O. The van der Waals surface area contributed by atoms with E-state index in [1.54, 1.807) is 7.05 Å². The highest BCUT2D eigenvalue weighted by molar-refractivity contribution is 14.0. The molecule has 2 rings (SSSR count). The van der Waals surface area contributed by atoms with Gasteiger partial charge < -0.3 is 15.7 Å². The number of benzene rings is 2. The molecule has 4 nitrogen and oxygen atoms in total. The molecule has 0 bridgehead atoms. The van der Waals surface area contributed by atoms with Crippen molar-refractivity contribution in [2.75, 3.05) is 26.7 Å². The Bertz CT molecular complexity index is 676. The molecule has 5 heteroatoms. The van der Waals surface area contributed by atoms with Crippen LogP contribution in [-0.2, 0) is 0 Å². The lowest BCUT2D eigenvalue weighted by Crippen LogP contribution is -2.41. The van der Waals surface area contributed by atoms with Crippen LogP contribution in [0.3, 0.4) is 0 Å². The first kappa shape index (κ1) is 22.4. The average molecular weight is 467 g/mol. The SMILES string of the molecule is CN=C(NCC(C)c1cccc(C)c1)NCC(CO)c1ccccc1.I. The van der Waals surface area contributed by atoms with Crippen molar-refractivity contribution in [1.82, 2.24) is 10.6 Å². The standard InChI is InChI=1S/C21H29N3O.HI/c1-16-8-7-11-19(12-16)17(2)13-23-21(22-3)24-14-20(15-25)18-9-5-4-6-10-18;/h4-12,17,20,25H,13-15H2,1-3H3,(H2,22,23,24);1H. The summed E-state index contributed by atoms with van der Waals surface area (Å²) < 4.78 is 0. The molecule has 0 aromatic heterocycles. The molecule has 0 amide bonds. The maximum Gasteiger partial charge on any atom is 0.191 e. The van der Waals surface area contributed by atoms with Gasteiger partial charge in [-0.1, -0.05) is 67.1 Å². The van der Waals surface area contributed by atoms with E-state index in [4.69, 9.17) is 0 Å². The minimum Gasteiger partial charge on any atom is -0.396 e. The Morgan fingerprint density at radius 1 is 1.00 bits per heavy atom. The molecule has 26 heavy (non-hydrogen) atoms. The monoisotopic (exact) mass is 467 g/mol. The fourth-order valence-electron chi connectivity index (χ4n) is 2.80. The van der Waals surface area contributed by atoms with Crippen molar-refractivity contribution < 1.29 is 5.11 Å². The minimum atomic E-state index is 0. The average Bonchev–Trinajstić information content (AvgIpc) is 2.65. The van der Waals surface area contributed by atoms with Gasteiger partial charge in [0.1, 0.15) is 0 Å². The summed E-state index contributed by atoms with van der Waals surface area (Å²) in [5.41, 5.74) is 3.72. The summed E-state index contributed by atoms with van der Waals surface area (Å²) in [6.07, 6.45) is 0. The smallest absolute Gasteiger partial charge is 0.191 e. The molecule has 142 valence electrons. The number of nitrogens with one attached hydrogen (secondary N) is 2. The minimum absolute atomic E-state index is 0. The first-order chi connectivity index (χ1) is 12.1. The summed E-state index contributed by atoms with van der Waals surface area (Å²) in [5.74, 6) is 1.20. The molecule has 0 fully saturated rings. The number of hydrogen-bond acceptors (Lipinski definition) is 2. The highest BCUT2D eigenvalue weighted by Crippen LogP contribution is 2.16. The van der Waals surface area contributed by atoms with Crippen LogP contribution < -0.4 is 10.6 Å². The van der Waals surface area contributed by atoms with Gasteiger partial charge in [0.15, 0.2) is 5.96 Å². The third-order valence-corrected chi connectivity index (χ3v) is 4.42. The van der Waals surface area contributed by atoms with Crippen molar-refractivity contribution in [3.63, 3.8) is 0 Å². The van der Waals surface area contributed by atoms with Crippen molar-refractivity contribution in [3.05, 3.63) is 71.3 Å². The maximum absolute atomic E-state index is 9.66. The van der Waals surface area contributed by atoms with Crippen LogP contribution in [0, 0.1) is 6.92 Å². The van der Waals surface area contributed by atoms with E-state index in [1.807, 2.05) is 30.3 Å². The second-order valence-corrected chi connectivity index (χ2v) is 6.44. The zero-order valence-corrected chi connectivity index (χ0v) is 18.1. The zero-order chi connectivity index (χ0) is 18.1. The fraction of sp³-hybridized carbons (Fsp3) is 0.381. The summed E-state index contributed by atoms with van der Waals surface area (Å²) in [7, 11) is 1.77. The lowest BCUT2D eigenvalue weighted by atomic mass is 9.99. The Labute approximate surface area is 174 Å². The van der Waals surface area contributed by atoms with Crippen LogP contribution in [0.5, 0.6) is 0 Å². The Morgan fingerprint density at radius 2 is 1.65 bits per heavy atom. The van der Waals surface area contributed by atoms with Crippen molar-refractivity contribution in [3.8, 4) is 0 Å². The van der Waals surface area contributed by atoms with Crippen LogP contribution in [0.15, 0.2) is 59.6 Å². The molecule has 2 aromatic carbocycles. The second-order valence-electron chi connectivity index (χ2n) is 6.44. The van der Waals surface area contributed by atoms with Crippen molar-refractivity contribution in [2.45, 2.75) is 25.7 Å². The molecule has 2 atom stereocenters. The van der Waals surface area contributed by atoms with Gasteiger partial charge in [-0.2, -0.15) is 0 Å². The summed E-state index contributed by atoms with van der Waals surface area (Å²) >= 11 is 0. The number of aliphatic hydroxyl groups is 1. The third-order valence-electron chi connectivity index (χ3n) is 4.42. The Kier molecular flexibility index (Phi) is 10.3. The number of hydrogen-bond donors (Lipinski definition) is 3. The number of nitrogens with zero attached hydrogens (tertiary/aromatic N) is 1. The number of rotatable bonds is 7. The van der Waals surface area contributed by atoms with E-state index < -0.39 is 0 Å². The summed E-state index contributed by atoms with van der Waals surface area (Å²) in [6, 6.07) is 18.6. The Morgan fingerprint density at radius 3 is 2.27 bits per heavy atom. The van der Waals surface area contributed by atoms with Gasteiger partial charge in [0, 0.05) is 26.1 Å². The largest absolute Gasteiger partial charge is 0.396 e. The number of guanidine groups is 1. The molecule has 0 aliphatic heterocycles. The first-order valence-corrected chi connectivity index (χ1v) is 8.81. The maximum atomic E-state index is 9.66. The van der Waals surface area contributed by atoms with E-state index in [2.05, 4.69) is 53.7 Å². The molecule has 0 saturated heterocycles. The van der Waals surface area contributed by atoms with Gasteiger partial charge in [-0.15, -0.1) is 24.0 Å². The van der Waals surface area contributed by atoms with Gasteiger partial charge in [-0.3, -0.25) is 4.99 Å². The van der Waals surface area contributed by atoms with Gasteiger partial charge >= 0.3 is 0 Å². The van der Waals surface area contributed by atoms with E-state index in [0.717, 1.165) is 18.1 Å². The van der Waals surface area contributed by atoms with Gasteiger partial charge in [0.05, 0.1) is 6.61 Å². The van der Waals surface area contributed by atoms with Gasteiger partial charge in [-0.25, -0.2) is 0 Å². The number of aryl methyl sites for hydroxylation is 1. The van der Waals surface area contributed by atoms with E-state index >= 15 is 0 Å². The third kappa shape index (κ3) is 6.96. The molecule has 2 aromatic rings. The number of halogens is 1. The van der Waals surface area contributed by atoms with Gasteiger partial charge in [0.25, 0.3) is 0 Å². The molecule has 0 radical (unpaired) electrons. The molecule has 2 unspecified atom stereocenters. The number of aliphatic imine (C=N–C) groups is 1. The van der Waals surface area contributed by atoms with Crippen molar-refractivity contribution >= 4 is 29.9 Å². The second kappa shape index (κ2) is 11.9. The van der Waals surface area contributed by atoms with Gasteiger partial charge in [0.2, 0.25) is 0 Å². The van der Waals surface area contributed by atoms with E-state index in [-0.39, 0.29) is 36.5 Å². The highest BCUT2D eigenvalue weighted by Gasteiger charge is 2.12. The molecule has 0 spiro atoms. The van der Waals surface area contributed by atoms with E-state index in [9.17, 15) is 5.11 Å². The summed E-state index contributed by atoms with van der Waals surface area (Å²) in [5, 5.41) is 16.3. The molecule has 0 aliphatic carbocycles. The van der Waals surface area contributed by atoms with Gasteiger partial charge in [-0.05, 0) is 24.0 Å². The molecular weight excluding hydrogens is 437 g/mol. The van der Waals surface area contributed by atoms with Crippen LogP contribution in [0.25, 0.3) is 0 Å². The molecule has 0 saturated carbocycles. The molecule has 0 heterocycles. The van der Waals surface area contributed by atoms with Crippen molar-refractivity contribution in [2.24, 2.45) is 4.99 Å². The fourth-order valence-corrected chi connectivity index (χ4v) is 2.80. The quantitative estimate of drug-likeness (QED) is 0.331. The lowest BCUT2D eigenvalue weighted by molar-refractivity contribution is 0.265. The zero-order valence-electron chi connectivity index (χ0n) is 15.8. The number of aliphatic hydroxyl groups excluding tert-OH is 1. The normalized spacial score (nSPS) is 13.5. The summed E-state index contributed by atoms with van der Waals surface area (Å²) in [4.78, 5) is 4.28. The predicted molar refractivity (Wildman–Crippen MR) is 121 cm³/mol. The highest BCUT2D eigenvalue weighted by atomic mass is 127. The van der Waals surface area contributed by atoms with Crippen LogP contribution in [-0.4, -0.2) is 37.8 Å². The van der Waals surface area contributed by atoms with Crippen LogP contribution in [0.4, 0.5) is 0 Å². The molecule has 0 aliphatic rings. The lowest BCUT2D eigenvalue weighted by Gasteiger charge is -2.20. The topological polar surface area (TPSA) is 56.7 Å². The predicted octanol–water partition coefficient (Wildman–Crippen LogP) is 3.66. The van der Waals surface area contributed by atoms with Crippen molar-refractivity contribution in [1.29, 1.82) is 0 Å². The Hall–Kier alpha value is -1.60. The van der Waals surface area contributed by atoms with E-state index in [1.165, 1.54) is 11.1 Å². The molecule has 3 N–H and O–H groups in total. The van der Waals surface area contributed by atoms with Crippen LogP contribution in [0.2, 0.25) is 0 Å². The Balaban J connectivity index is 0.00000338. The summed E-state index contributed by atoms with van der Waals surface area (Å²) in [6.45, 7) is 5.86. The van der Waals surface area contributed by atoms with Crippen LogP contribution >= 0.6 is 24.0 Å².